The summed E-state index contributed by atoms with van der Waals surface area (Å²) in [5.74, 6) is 0.830. The fourth-order valence-corrected chi connectivity index (χ4v) is 2.12. The number of nitrogens with one attached hydrogen (secondary N) is 1. The van der Waals surface area contributed by atoms with Crippen molar-refractivity contribution >= 4 is 11.6 Å². The summed E-state index contributed by atoms with van der Waals surface area (Å²) >= 11 is 0. The maximum absolute atomic E-state index is 12.0. The lowest BCUT2D eigenvalue weighted by Crippen LogP contribution is -2.13. The van der Waals surface area contributed by atoms with Gasteiger partial charge in [-0.25, -0.2) is 0 Å². The summed E-state index contributed by atoms with van der Waals surface area (Å²) in [7, 11) is 0. The van der Waals surface area contributed by atoms with E-state index in [0.29, 0.717) is 18.1 Å². The summed E-state index contributed by atoms with van der Waals surface area (Å²) in [5.41, 5.74) is 2.63. The van der Waals surface area contributed by atoms with Gasteiger partial charge in [-0.05, 0) is 30.7 Å². The summed E-state index contributed by atoms with van der Waals surface area (Å²) in [6.07, 6.45) is 4.02. The Labute approximate surface area is 133 Å². The Morgan fingerprint density at radius 3 is 2.87 bits per heavy atom. The number of hydrogen-bond donors (Lipinski definition) is 1. The molecule has 1 amide bonds. The molecule has 23 heavy (non-hydrogen) atoms. The topological polar surface area (TPSA) is 80.9 Å². The van der Waals surface area contributed by atoms with E-state index in [4.69, 9.17) is 4.52 Å². The third-order valence-corrected chi connectivity index (χ3v) is 3.37. The third-order valence-electron chi connectivity index (χ3n) is 3.37. The van der Waals surface area contributed by atoms with Crippen LogP contribution < -0.4 is 5.32 Å². The zero-order valence-electron chi connectivity index (χ0n) is 12.7. The quantitative estimate of drug-likeness (QED) is 0.783. The van der Waals surface area contributed by atoms with Crippen LogP contribution in [-0.2, 0) is 11.2 Å². The normalized spacial score (nSPS) is 10.5. The molecular formula is C17H16N4O2. The number of anilines is 1. The molecule has 6 heteroatoms. The predicted molar refractivity (Wildman–Crippen MR) is 85.7 cm³/mol. The fourth-order valence-electron chi connectivity index (χ4n) is 2.12. The van der Waals surface area contributed by atoms with E-state index in [1.165, 1.54) is 0 Å². The number of aromatic nitrogens is 3. The molecule has 2 heterocycles. The van der Waals surface area contributed by atoms with E-state index < -0.39 is 0 Å². The van der Waals surface area contributed by atoms with Gasteiger partial charge in [-0.1, -0.05) is 23.4 Å². The zero-order valence-corrected chi connectivity index (χ0v) is 12.7. The summed E-state index contributed by atoms with van der Waals surface area (Å²) in [4.78, 5) is 20.3. The van der Waals surface area contributed by atoms with Gasteiger partial charge < -0.3 is 9.84 Å². The van der Waals surface area contributed by atoms with Gasteiger partial charge in [-0.3, -0.25) is 9.78 Å². The van der Waals surface area contributed by atoms with Crippen LogP contribution in [0.1, 0.15) is 17.9 Å². The number of pyridine rings is 1. The highest BCUT2D eigenvalue weighted by Crippen LogP contribution is 2.16. The maximum atomic E-state index is 12.0. The first-order chi connectivity index (χ1) is 11.2. The largest absolute Gasteiger partial charge is 0.339 e. The zero-order chi connectivity index (χ0) is 16.1. The van der Waals surface area contributed by atoms with Gasteiger partial charge in [0.25, 0.3) is 0 Å². The molecule has 0 saturated heterocycles. The minimum atomic E-state index is -0.0829. The molecule has 0 saturated carbocycles. The van der Waals surface area contributed by atoms with Crippen molar-refractivity contribution in [3.05, 3.63) is 60.2 Å². The number of benzene rings is 1. The van der Waals surface area contributed by atoms with Crippen LogP contribution >= 0.6 is 0 Å². The van der Waals surface area contributed by atoms with Gasteiger partial charge in [-0.15, -0.1) is 0 Å². The van der Waals surface area contributed by atoms with Gasteiger partial charge in [0, 0.05) is 36.5 Å². The van der Waals surface area contributed by atoms with Crippen molar-refractivity contribution in [2.24, 2.45) is 0 Å². The number of amides is 1. The average Bonchev–Trinajstić information content (AvgIpc) is 3.05. The maximum Gasteiger partial charge on any atom is 0.227 e. The van der Waals surface area contributed by atoms with Crippen molar-refractivity contribution in [2.45, 2.75) is 19.8 Å². The molecular weight excluding hydrogens is 292 g/mol. The van der Waals surface area contributed by atoms with E-state index in [-0.39, 0.29) is 12.3 Å². The second-order valence-corrected chi connectivity index (χ2v) is 5.12. The molecule has 0 fully saturated rings. The highest BCUT2D eigenvalue weighted by Gasteiger charge is 2.11. The number of nitrogens with zero attached hydrogens (tertiary/aromatic N) is 3. The Balaban J connectivity index is 1.58. The molecule has 1 aromatic carbocycles. The average molecular weight is 308 g/mol. The first kappa shape index (κ1) is 14.9. The Hall–Kier alpha value is -3.02. The van der Waals surface area contributed by atoms with Gasteiger partial charge >= 0.3 is 0 Å². The minimum Gasteiger partial charge on any atom is -0.339 e. The van der Waals surface area contributed by atoms with Crippen LogP contribution in [0, 0.1) is 6.92 Å². The molecule has 3 aromatic rings. The van der Waals surface area contributed by atoms with Crippen LogP contribution in [0.3, 0.4) is 0 Å². The van der Waals surface area contributed by atoms with E-state index in [1.54, 1.807) is 18.5 Å². The van der Waals surface area contributed by atoms with Gasteiger partial charge in [0.05, 0.1) is 0 Å². The molecule has 6 nitrogen and oxygen atoms in total. The van der Waals surface area contributed by atoms with Crippen molar-refractivity contribution in [3.8, 4) is 11.4 Å². The van der Waals surface area contributed by atoms with Crippen molar-refractivity contribution in [1.82, 2.24) is 15.1 Å². The van der Waals surface area contributed by atoms with Crippen LogP contribution in [0.15, 0.2) is 53.3 Å². The summed E-state index contributed by atoms with van der Waals surface area (Å²) in [5, 5.41) is 6.78. The number of rotatable bonds is 5. The van der Waals surface area contributed by atoms with Crippen LogP contribution in [0.25, 0.3) is 11.4 Å². The number of carbonyl (C=O) groups excluding carboxylic acids is 1. The van der Waals surface area contributed by atoms with Crippen molar-refractivity contribution < 1.29 is 9.32 Å². The molecule has 0 aliphatic heterocycles. The smallest absolute Gasteiger partial charge is 0.227 e. The lowest BCUT2D eigenvalue weighted by molar-refractivity contribution is -0.116. The molecule has 116 valence electrons. The second kappa shape index (κ2) is 6.83. The highest BCUT2D eigenvalue weighted by atomic mass is 16.5. The monoisotopic (exact) mass is 308 g/mol. The lowest BCUT2D eigenvalue weighted by Gasteiger charge is -2.06. The lowest BCUT2D eigenvalue weighted by atomic mass is 10.2. The van der Waals surface area contributed by atoms with Crippen molar-refractivity contribution in [2.75, 3.05) is 5.32 Å². The van der Waals surface area contributed by atoms with E-state index in [9.17, 15) is 4.79 Å². The van der Waals surface area contributed by atoms with Crippen LogP contribution in [0.5, 0.6) is 0 Å². The molecule has 0 atom stereocenters. The molecule has 0 radical (unpaired) electrons. The predicted octanol–water partition coefficient (Wildman–Crippen LogP) is 3.01. The van der Waals surface area contributed by atoms with E-state index in [2.05, 4.69) is 20.4 Å². The van der Waals surface area contributed by atoms with Gasteiger partial charge in [0.15, 0.2) is 0 Å². The Morgan fingerprint density at radius 2 is 2.09 bits per heavy atom. The fraction of sp³-hybridized carbons (Fsp3) is 0.176. The molecule has 0 bridgehead atoms. The van der Waals surface area contributed by atoms with E-state index in [1.807, 2.05) is 37.3 Å². The van der Waals surface area contributed by atoms with Gasteiger partial charge in [0.1, 0.15) is 0 Å². The summed E-state index contributed by atoms with van der Waals surface area (Å²) < 4.78 is 5.17. The Morgan fingerprint density at radius 1 is 1.22 bits per heavy atom. The Kier molecular flexibility index (Phi) is 4.42. The first-order valence-corrected chi connectivity index (χ1v) is 7.31. The van der Waals surface area contributed by atoms with E-state index >= 15 is 0 Å². The second-order valence-electron chi connectivity index (χ2n) is 5.12. The standard InChI is InChI=1S/C17H16N4O2/c1-12-5-2-3-7-14(12)19-15(22)8-9-16-20-17(21-23-16)13-6-4-10-18-11-13/h2-7,10-11H,8-9H2,1H3,(H,19,22). The van der Waals surface area contributed by atoms with Gasteiger partial charge in [0.2, 0.25) is 17.6 Å². The summed E-state index contributed by atoms with van der Waals surface area (Å²) in [6, 6.07) is 11.3. The number of carbonyl (C=O) groups is 1. The SMILES string of the molecule is Cc1ccccc1NC(=O)CCc1nc(-c2cccnc2)no1. The van der Waals surface area contributed by atoms with Crippen molar-refractivity contribution in [1.29, 1.82) is 0 Å². The van der Waals surface area contributed by atoms with Crippen LogP contribution in [-0.4, -0.2) is 21.0 Å². The van der Waals surface area contributed by atoms with Crippen molar-refractivity contribution in [3.63, 3.8) is 0 Å². The molecule has 0 unspecified atom stereocenters. The van der Waals surface area contributed by atoms with Crippen LogP contribution in [0.2, 0.25) is 0 Å². The third kappa shape index (κ3) is 3.79. The molecule has 0 aliphatic carbocycles. The first-order valence-electron chi connectivity index (χ1n) is 7.31. The molecule has 2 aromatic heterocycles. The molecule has 0 aliphatic rings. The molecule has 1 N–H and O–H groups in total. The number of para-hydroxylation sites is 1. The van der Waals surface area contributed by atoms with E-state index in [0.717, 1.165) is 16.8 Å². The number of aryl methyl sites for hydroxylation is 2. The molecule has 0 spiro atoms. The minimum absolute atomic E-state index is 0.0829. The van der Waals surface area contributed by atoms with Crippen LogP contribution in [0.4, 0.5) is 5.69 Å². The Bertz CT molecular complexity index is 799. The molecule has 3 rings (SSSR count). The number of hydrogen-bond acceptors (Lipinski definition) is 5. The summed E-state index contributed by atoms with van der Waals surface area (Å²) in [6.45, 7) is 1.95. The van der Waals surface area contributed by atoms with Gasteiger partial charge in [-0.2, -0.15) is 4.98 Å². The highest BCUT2D eigenvalue weighted by molar-refractivity contribution is 5.91.